The summed E-state index contributed by atoms with van der Waals surface area (Å²) in [6.07, 6.45) is 5.19. The zero-order chi connectivity index (χ0) is 18.4. The quantitative estimate of drug-likeness (QED) is 0.741. The van der Waals surface area contributed by atoms with E-state index in [9.17, 15) is 4.79 Å². The molecule has 0 radical (unpaired) electrons. The molecule has 2 aromatic heterocycles. The zero-order valence-corrected chi connectivity index (χ0v) is 14.8. The highest BCUT2D eigenvalue weighted by atomic mass is 16.2. The van der Waals surface area contributed by atoms with Crippen LogP contribution in [0.3, 0.4) is 0 Å². The molecule has 2 heterocycles. The number of hydrogen-bond donors (Lipinski definition) is 2. The number of pyridine rings is 1. The molecule has 0 aliphatic heterocycles. The SMILES string of the molecule is Cc1nc(-c2ccncc2)ncc1C(C)NC(=O)NCc1ccccc1. The minimum absolute atomic E-state index is 0.197. The minimum Gasteiger partial charge on any atom is -0.334 e. The molecule has 0 aliphatic carbocycles. The number of aryl methyl sites for hydroxylation is 1. The van der Waals surface area contributed by atoms with Gasteiger partial charge in [-0.15, -0.1) is 0 Å². The average molecular weight is 347 g/mol. The van der Waals surface area contributed by atoms with Crippen molar-refractivity contribution in [3.8, 4) is 11.4 Å². The summed E-state index contributed by atoms with van der Waals surface area (Å²) in [4.78, 5) is 25.1. The Morgan fingerprint density at radius 2 is 1.85 bits per heavy atom. The number of amides is 2. The number of benzene rings is 1. The highest BCUT2D eigenvalue weighted by Crippen LogP contribution is 2.19. The Kier molecular flexibility index (Phi) is 5.53. The number of aromatic nitrogens is 3. The molecular weight excluding hydrogens is 326 g/mol. The first-order valence-electron chi connectivity index (χ1n) is 8.45. The summed E-state index contributed by atoms with van der Waals surface area (Å²) >= 11 is 0. The van der Waals surface area contributed by atoms with Crippen LogP contribution in [0.15, 0.2) is 61.1 Å². The standard InChI is InChI=1S/C20H21N5O/c1-14-18(13-22-19(24-14)17-8-10-21-11-9-17)15(2)25-20(26)23-12-16-6-4-3-5-7-16/h3-11,13,15H,12H2,1-2H3,(H2,23,25,26). The molecule has 0 bridgehead atoms. The van der Waals surface area contributed by atoms with Crippen molar-refractivity contribution >= 4 is 6.03 Å². The summed E-state index contributed by atoms with van der Waals surface area (Å²) in [5.74, 6) is 0.648. The molecule has 132 valence electrons. The van der Waals surface area contributed by atoms with Crippen LogP contribution in [-0.2, 0) is 6.54 Å². The lowest BCUT2D eigenvalue weighted by atomic mass is 10.1. The second-order valence-electron chi connectivity index (χ2n) is 6.00. The first-order valence-corrected chi connectivity index (χ1v) is 8.45. The summed E-state index contributed by atoms with van der Waals surface area (Å²) in [7, 11) is 0. The van der Waals surface area contributed by atoms with Crippen molar-refractivity contribution in [2.45, 2.75) is 26.4 Å². The van der Waals surface area contributed by atoms with Gasteiger partial charge in [-0.3, -0.25) is 4.98 Å². The average Bonchev–Trinajstić information content (AvgIpc) is 2.67. The molecule has 0 saturated carbocycles. The third kappa shape index (κ3) is 4.42. The van der Waals surface area contributed by atoms with Crippen molar-refractivity contribution in [2.75, 3.05) is 0 Å². The Morgan fingerprint density at radius 1 is 1.12 bits per heavy atom. The van der Waals surface area contributed by atoms with Crippen molar-refractivity contribution in [3.63, 3.8) is 0 Å². The summed E-state index contributed by atoms with van der Waals surface area (Å²) in [6, 6.07) is 13.1. The van der Waals surface area contributed by atoms with E-state index in [1.165, 1.54) is 0 Å². The first kappa shape index (κ1) is 17.5. The number of hydrogen-bond acceptors (Lipinski definition) is 4. The Morgan fingerprint density at radius 3 is 2.54 bits per heavy atom. The van der Waals surface area contributed by atoms with Gasteiger partial charge < -0.3 is 10.6 Å². The largest absolute Gasteiger partial charge is 0.334 e. The summed E-state index contributed by atoms with van der Waals surface area (Å²) in [5, 5.41) is 5.78. The fraction of sp³-hybridized carbons (Fsp3) is 0.200. The Balaban J connectivity index is 1.62. The topological polar surface area (TPSA) is 79.8 Å². The Hall–Kier alpha value is -3.28. The third-order valence-electron chi connectivity index (χ3n) is 4.07. The van der Waals surface area contributed by atoms with E-state index in [1.54, 1.807) is 18.6 Å². The number of carbonyl (C=O) groups is 1. The zero-order valence-electron chi connectivity index (χ0n) is 14.8. The van der Waals surface area contributed by atoms with E-state index in [0.29, 0.717) is 12.4 Å². The van der Waals surface area contributed by atoms with Gasteiger partial charge in [0, 0.05) is 42.0 Å². The van der Waals surface area contributed by atoms with Gasteiger partial charge in [-0.25, -0.2) is 14.8 Å². The number of carbonyl (C=O) groups excluding carboxylic acids is 1. The van der Waals surface area contributed by atoms with Gasteiger partial charge in [-0.2, -0.15) is 0 Å². The van der Waals surface area contributed by atoms with Crippen LogP contribution in [0.4, 0.5) is 4.79 Å². The maximum atomic E-state index is 12.1. The molecule has 1 unspecified atom stereocenters. The van der Waals surface area contributed by atoms with Gasteiger partial charge in [0.1, 0.15) is 0 Å². The first-order chi connectivity index (χ1) is 12.6. The number of nitrogens with zero attached hydrogens (tertiary/aromatic N) is 3. The molecule has 1 aromatic carbocycles. The van der Waals surface area contributed by atoms with Crippen molar-refractivity contribution in [1.82, 2.24) is 25.6 Å². The minimum atomic E-state index is -0.223. The monoisotopic (exact) mass is 347 g/mol. The summed E-state index contributed by atoms with van der Waals surface area (Å²) < 4.78 is 0. The van der Waals surface area contributed by atoms with Crippen molar-refractivity contribution in [2.24, 2.45) is 0 Å². The second-order valence-corrected chi connectivity index (χ2v) is 6.00. The Bertz CT molecular complexity index is 868. The number of rotatable bonds is 5. The van der Waals surface area contributed by atoms with Gasteiger partial charge in [0.05, 0.1) is 6.04 Å². The van der Waals surface area contributed by atoms with E-state index in [0.717, 1.165) is 22.4 Å². The van der Waals surface area contributed by atoms with Gasteiger partial charge >= 0.3 is 6.03 Å². The smallest absolute Gasteiger partial charge is 0.315 e. The van der Waals surface area contributed by atoms with Crippen LogP contribution in [0.1, 0.15) is 29.8 Å². The van der Waals surface area contributed by atoms with Crippen LogP contribution in [-0.4, -0.2) is 21.0 Å². The molecule has 3 rings (SSSR count). The third-order valence-corrected chi connectivity index (χ3v) is 4.07. The van der Waals surface area contributed by atoms with Gasteiger partial charge in [0.2, 0.25) is 0 Å². The molecule has 6 heteroatoms. The summed E-state index contributed by atoms with van der Waals surface area (Å²) in [6.45, 7) is 4.32. The molecule has 6 nitrogen and oxygen atoms in total. The van der Waals surface area contributed by atoms with Crippen LogP contribution < -0.4 is 10.6 Å². The lowest BCUT2D eigenvalue weighted by Gasteiger charge is -2.17. The van der Waals surface area contributed by atoms with Crippen LogP contribution in [0.2, 0.25) is 0 Å². The fourth-order valence-corrected chi connectivity index (χ4v) is 2.65. The highest BCUT2D eigenvalue weighted by Gasteiger charge is 2.14. The molecule has 0 fully saturated rings. The maximum absolute atomic E-state index is 12.1. The molecule has 26 heavy (non-hydrogen) atoms. The van der Waals surface area contributed by atoms with E-state index in [1.807, 2.05) is 56.3 Å². The second kappa shape index (κ2) is 8.20. The lowest BCUT2D eigenvalue weighted by Crippen LogP contribution is -2.37. The maximum Gasteiger partial charge on any atom is 0.315 e. The molecule has 0 aliphatic rings. The van der Waals surface area contributed by atoms with Crippen LogP contribution >= 0.6 is 0 Å². The normalized spacial score (nSPS) is 11.6. The molecule has 0 saturated heterocycles. The van der Waals surface area contributed by atoms with Crippen LogP contribution in [0, 0.1) is 6.92 Å². The van der Waals surface area contributed by atoms with Crippen molar-refractivity contribution < 1.29 is 4.79 Å². The molecular formula is C20H21N5O. The predicted octanol–water partition coefficient (Wildman–Crippen LogP) is 3.41. The number of nitrogens with one attached hydrogen (secondary N) is 2. The lowest BCUT2D eigenvalue weighted by molar-refractivity contribution is 0.237. The van der Waals surface area contributed by atoms with Crippen LogP contribution in [0.5, 0.6) is 0 Å². The van der Waals surface area contributed by atoms with Gasteiger partial charge in [0.25, 0.3) is 0 Å². The molecule has 3 aromatic rings. The van der Waals surface area contributed by atoms with Gasteiger partial charge in [-0.1, -0.05) is 30.3 Å². The van der Waals surface area contributed by atoms with E-state index < -0.39 is 0 Å². The van der Waals surface area contributed by atoms with Crippen LogP contribution in [0.25, 0.3) is 11.4 Å². The van der Waals surface area contributed by atoms with E-state index in [2.05, 4.69) is 25.6 Å². The van der Waals surface area contributed by atoms with E-state index in [-0.39, 0.29) is 12.1 Å². The van der Waals surface area contributed by atoms with Crippen molar-refractivity contribution in [1.29, 1.82) is 0 Å². The summed E-state index contributed by atoms with van der Waals surface area (Å²) in [5.41, 5.74) is 3.69. The van der Waals surface area contributed by atoms with Crippen molar-refractivity contribution in [3.05, 3.63) is 77.9 Å². The predicted molar refractivity (Wildman–Crippen MR) is 100 cm³/mol. The fourth-order valence-electron chi connectivity index (χ4n) is 2.65. The molecule has 0 spiro atoms. The molecule has 1 atom stereocenters. The van der Waals surface area contributed by atoms with Gasteiger partial charge in [-0.05, 0) is 31.5 Å². The Labute approximate surface area is 152 Å². The molecule has 2 N–H and O–H groups in total. The van der Waals surface area contributed by atoms with E-state index >= 15 is 0 Å². The van der Waals surface area contributed by atoms with Gasteiger partial charge in [0.15, 0.2) is 5.82 Å². The number of urea groups is 1. The highest BCUT2D eigenvalue weighted by molar-refractivity contribution is 5.74. The van der Waals surface area contributed by atoms with E-state index in [4.69, 9.17) is 0 Å². The molecule has 2 amide bonds.